The number of ketones is 1. The number of carbonyl (C=O) groups excluding carboxylic acids is 2. The number of hydrogen-bond donors (Lipinski definition) is 1. The van der Waals surface area contributed by atoms with Gasteiger partial charge in [0.05, 0.1) is 19.0 Å². The number of hydrogen-bond acceptors (Lipinski definition) is 4. The van der Waals surface area contributed by atoms with Crippen LogP contribution in [0.1, 0.15) is 10.5 Å². The van der Waals surface area contributed by atoms with Gasteiger partial charge < -0.3 is 14.5 Å². The molecule has 1 N–H and O–H groups in total. The molecule has 0 fully saturated rings. The smallest absolute Gasteiger partial charge is 0.298 e. The Morgan fingerprint density at radius 3 is 2.55 bits per heavy atom. The lowest BCUT2D eigenvalue weighted by Crippen LogP contribution is -2.24. The van der Waals surface area contributed by atoms with Gasteiger partial charge in [-0.2, -0.15) is 0 Å². The zero-order valence-corrected chi connectivity index (χ0v) is 15.4. The Morgan fingerprint density at radius 1 is 1.07 bits per heavy atom. The number of Topliss-reactive ketones (excluding diaryl/α,β-unsaturated/α-hetero) is 1. The maximum atomic E-state index is 13.3. The summed E-state index contributed by atoms with van der Waals surface area (Å²) in [4.78, 5) is 29.7. The minimum Gasteiger partial charge on any atom is -0.481 e. The summed E-state index contributed by atoms with van der Waals surface area (Å²) in [5.41, 5.74) is 2.50. The third kappa shape index (κ3) is 3.58. The molecule has 3 aromatic heterocycles. The fourth-order valence-corrected chi connectivity index (χ4v) is 3.08. The molecule has 0 atom stereocenters. The van der Waals surface area contributed by atoms with Crippen LogP contribution in [0, 0.1) is 5.82 Å². The number of anilines is 1. The fourth-order valence-electron chi connectivity index (χ4n) is 3.08. The molecule has 0 radical (unpaired) electrons. The van der Waals surface area contributed by atoms with Crippen LogP contribution in [0.4, 0.5) is 10.1 Å². The molecular weight excluding hydrogens is 373 g/mol. The molecule has 6 nitrogen and oxygen atoms in total. The minimum atomic E-state index is -0.802. The third-order valence-corrected chi connectivity index (χ3v) is 4.46. The summed E-state index contributed by atoms with van der Waals surface area (Å²) in [6.07, 6.45) is 3.11. The molecule has 0 saturated heterocycles. The summed E-state index contributed by atoms with van der Waals surface area (Å²) in [5, 5.41) is 2.55. The molecule has 0 aliphatic heterocycles. The molecule has 144 valence electrons. The van der Waals surface area contributed by atoms with Crippen molar-refractivity contribution in [3.05, 3.63) is 84.6 Å². The van der Waals surface area contributed by atoms with E-state index in [1.54, 1.807) is 47.0 Å². The van der Waals surface area contributed by atoms with Crippen LogP contribution in [0.15, 0.2) is 73.1 Å². The number of benzene rings is 1. The van der Waals surface area contributed by atoms with E-state index in [9.17, 15) is 14.0 Å². The quantitative estimate of drug-likeness (QED) is 0.414. The van der Waals surface area contributed by atoms with Gasteiger partial charge in [0.15, 0.2) is 0 Å². The summed E-state index contributed by atoms with van der Waals surface area (Å²) in [7, 11) is 1.48. The number of nitrogens with zero attached hydrogens (tertiary/aromatic N) is 2. The van der Waals surface area contributed by atoms with E-state index >= 15 is 0 Å². The number of methoxy groups -OCH3 is 1. The normalized spacial score (nSPS) is 10.7. The van der Waals surface area contributed by atoms with Crippen molar-refractivity contribution >= 4 is 22.9 Å². The topological polar surface area (TPSA) is 72.7 Å². The molecule has 4 aromatic rings. The molecule has 1 amide bonds. The van der Waals surface area contributed by atoms with Crippen molar-refractivity contribution in [2.75, 3.05) is 12.4 Å². The Morgan fingerprint density at radius 2 is 1.86 bits per heavy atom. The molecule has 0 aliphatic rings. The number of amides is 1. The van der Waals surface area contributed by atoms with Crippen molar-refractivity contribution in [3.8, 4) is 17.0 Å². The lowest BCUT2D eigenvalue weighted by molar-refractivity contribution is -0.112. The van der Waals surface area contributed by atoms with Gasteiger partial charge in [-0.25, -0.2) is 9.37 Å². The van der Waals surface area contributed by atoms with E-state index in [1.807, 2.05) is 12.1 Å². The second kappa shape index (κ2) is 7.55. The van der Waals surface area contributed by atoms with Crippen LogP contribution in [-0.2, 0) is 4.79 Å². The molecule has 0 saturated carbocycles. The van der Waals surface area contributed by atoms with Gasteiger partial charge in [-0.15, -0.1) is 0 Å². The van der Waals surface area contributed by atoms with Crippen LogP contribution in [0.3, 0.4) is 0 Å². The molecular formula is C22H16FN3O3. The maximum Gasteiger partial charge on any atom is 0.298 e. The number of fused-ring (bicyclic) bond motifs is 1. The highest BCUT2D eigenvalue weighted by Crippen LogP contribution is 2.29. The van der Waals surface area contributed by atoms with E-state index in [2.05, 4.69) is 10.3 Å². The van der Waals surface area contributed by atoms with Crippen molar-refractivity contribution < 1.29 is 18.7 Å². The SMILES string of the molecule is COc1ccc(NC(=O)C(=O)c2c(-c3ccc(F)cc3)cc3ccccn23)cn1. The molecule has 29 heavy (non-hydrogen) atoms. The highest BCUT2D eigenvalue weighted by atomic mass is 19.1. The molecule has 3 heterocycles. The van der Waals surface area contributed by atoms with Gasteiger partial charge >= 0.3 is 0 Å². The predicted octanol–water partition coefficient (Wildman–Crippen LogP) is 3.97. The average Bonchev–Trinajstić information content (AvgIpc) is 3.13. The monoisotopic (exact) mass is 389 g/mol. The van der Waals surface area contributed by atoms with Gasteiger partial charge in [-0.1, -0.05) is 18.2 Å². The zero-order valence-electron chi connectivity index (χ0n) is 15.4. The van der Waals surface area contributed by atoms with Crippen molar-refractivity contribution in [3.63, 3.8) is 0 Å². The van der Waals surface area contributed by atoms with Crippen LogP contribution in [0.2, 0.25) is 0 Å². The van der Waals surface area contributed by atoms with Gasteiger partial charge in [0.2, 0.25) is 5.88 Å². The number of pyridine rings is 2. The van der Waals surface area contributed by atoms with Gasteiger partial charge in [0.25, 0.3) is 11.7 Å². The molecule has 1 aromatic carbocycles. The highest BCUT2D eigenvalue weighted by molar-refractivity contribution is 6.47. The van der Waals surface area contributed by atoms with E-state index in [1.165, 1.54) is 25.4 Å². The van der Waals surface area contributed by atoms with Crippen LogP contribution < -0.4 is 10.1 Å². The third-order valence-electron chi connectivity index (χ3n) is 4.46. The first kappa shape index (κ1) is 18.4. The molecule has 0 aliphatic carbocycles. The largest absolute Gasteiger partial charge is 0.481 e. The zero-order chi connectivity index (χ0) is 20.4. The number of ether oxygens (including phenoxy) is 1. The lowest BCUT2D eigenvalue weighted by atomic mass is 10.0. The minimum absolute atomic E-state index is 0.200. The fraction of sp³-hybridized carbons (Fsp3) is 0.0455. The average molecular weight is 389 g/mol. The van der Waals surface area contributed by atoms with Gasteiger partial charge in [0.1, 0.15) is 11.5 Å². The Labute approximate surface area is 165 Å². The first-order chi connectivity index (χ1) is 14.1. The van der Waals surface area contributed by atoms with Crippen LogP contribution in [0.5, 0.6) is 5.88 Å². The summed E-state index contributed by atoms with van der Waals surface area (Å²) in [6, 6.07) is 16.2. The van der Waals surface area contributed by atoms with Crippen LogP contribution in [0.25, 0.3) is 16.6 Å². The number of nitrogens with one attached hydrogen (secondary N) is 1. The lowest BCUT2D eigenvalue weighted by Gasteiger charge is -2.08. The van der Waals surface area contributed by atoms with Crippen LogP contribution >= 0.6 is 0 Å². The molecule has 0 spiro atoms. The Bertz CT molecular complexity index is 1200. The van der Waals surface area contributed by atoms with Crippen molar-refractivity contribution in [2.45, 2.75) is 0 Å². The number of aromatic nitrogens is 2. The van der Waals surface area contributed by atoms with Crippen molar-refractivity contribution in [1.29, 1.82) is 0 Å². The van der Waals surface area contributed by atoms with Gasteiger partial charge in [-0.3, -0.25) is 9.59 Å². The second-order valence-electron chi connectivity index (χ2n) is 6.28. The molecule has 7 heteroatoms. The first-order valence-corrected chi connectivity index (χ1v) is 8.78. The highest BCUT2D eigenvalue weighted by Gasteiger charge is 2.25. The van der Waals surface area contributed by atoms with E-state index in [0.29, 0.717) is 22.7 Å². The Kier molecular flexibility index (Phi) is 4.78. The Balaban J connectivity index is 1.73. The van der Waals surface area contributed by atoms with E-state index in [-0.39, 0.29) is 11.5 Å². The van der Waals surface area contributed by atoms with Crippen LogP contribution in [-0.4, -0.2) is 28.2 Å². The van der Waals surface area contributed by atoms with E-state index in [0.717, 1.165) is 5.52 Å². The Hall–Kier alpha value is -4.00. The standard InChI is InChI=1S/C22H16FN3O3/c1-29-19-10-9-16(13-24-19)25-22(28)21(27)20-18(14-5-7-15(23)8-6-14)12-17-4-2-3-11-26(17)20/h2-13H,1H3,(H,25,28). The number of carbonyl (C=O) groups is 2. The number of rotatable bonds is 5. The summed E-state index contributed by atoms with van der Waals surface area (Å²) in [6.45, 7) is 0. The molecule has 0 bridgehead atoms. The number of halogens is 1. The van der Waals surface area contributed by atoms with E-state index in [4.69, 9.17) is 4.74 Å². The maximum absolute atomic E-state index is 13.3. The molecule has 0 unspecified atom stereocenters. The molecule has 4 rings (SSSR count). The summed E-state index contributed by atoms with van der Waals surface area (Å²) >= 11 is 0. The van der Waals surface area contributed by atoms with Crippen molar-refractivity contribution in [1.82, 2.24) is 9.38 Å². The second-order valence-corrected chi connectivity index (χ2v) is 6.28. The summed E-state index contributed by atoms with van der Waals surface area (Å²) < 4.78 is 20.0. The van der Waals surface area contributed by atoms with Gasteiger partial charge in [0, 0.05) is 23.3 Å². The van der Waals surface area contributed by atoms with Crippen molar-refractivity contribution in [2.24, 2.45) is 0 Å². The van der Waals surface area contributed by atoms with E-state index < -0.39 is 11.7 Å². The summed E-state index contributed by atoms with van der Waals surface area (Å²) in [5.74, 6) is -1.50. The predicted molar refractivity (Wildman–Crippen MR) is 107 cm³/mol. The first-order valence-electron chi connectivity index (χ1n) is 8.78. The van der Waals surface area contributed by atoms with Gasteiger partial charge in [-0.05, 0) is 42.0 Å².